The highest BCUT2D eigenvalue weighted by Gasteiger charge is 2.41. The molecule has 1 aliphatic carbocycles. The number of benzene rings is 1. The minimum absolute atomic E-state index is 0.136. The lowest BCUT2D eigenvalue weighted by molar-refractivity contribution is 0.0170. The first-order valence-electron chi connectivity index (χ1n) is 11.6. The zero-order valence-electron chi connectivity index (χ0n) is 21.4. The highest BCUT2D eigenvalue weighted by molar-refractivity contribution is 6.75. The second kappa shape index (κ2) is 8.29. The van der Waals surface area contributed by atoms with E-state index in [1.165, 1.54) is 5.56 Å². The number of hydrogen-bond donors (Lipinski definition) is 1. The molecule has 1 aromatic carbocycles. The molecule has 172 valence electrons. The van der Waals surface area contributed by atoms with Crippen LogP contribution in [0.5, 0.6) is 11.5 Å². The maximum atomic E-state index is 10.4. The minimum Gasteiger partial charge on any atom is -0.543 e. The zero-order valence-corrected chi connectivity index (χ0v) is 23.4. The van der Waals surface area contributed by atoms with Crippen LogP contribution in [0.25, 0.3) is 0 Å². The summed E-state index contributed by atoms with van der Waals surface area (Å²) >= 11 is 0. The van der Waals surface area contributed by atoms with Gasteiger partial charge in [0.25, 0.3) is 0 Å². The molecule has 0 saturated heterocycles. The van der Waals surface area contributed by atoms with Gasteiger partial charge in [0.05, 0.1) is 5.60 Å². The van der Waals surface area contributed by atoms with Crippen LogP contribution in [-0.4, -0.2) is 27.3 Å². The summed E-state index contributed by atoms with van der Waals surface area (Å²) < 4.78 is 13.5. The van der Waals surface area contributed by atoms with E-state index in [-0.39, 0.29) is 10.1 Å². The Kier molecular flexibility index (Phi) is 7.04. The van der Waals surface area contributed by atoms with Crippen LogP contribution >= 0.6 is 0 Å². The molecule has 0 heterocycles. The van der Waals surface area contributed by atoms with Crippen LogP contribution in [0.15, 0.2) is 18.2 Å². The molecule has 1 aromatic rings. The molecule has 1 aliphatic rings. The van der Waals surface area contributed by atoms with E-state index < -0.39 is 22.2 Å². The molecule has 0 aliphatic heterocycles. The van der Waals surface area contributed by atoms with Gasteiger partial charge in [0, 0.05) is 6.07 Å². The third-order valence-electron chi connectivity index (χ3n) is 7.84. The molecule has 1 N–H and O–H groups in total. The Balaban J connectivity index is 2.42. The molecule has 0 unspecified atom stereocenters. The van der Waals surface area contributed by atoms with E-state index in [4.69, 9.17) is 8.85 Å². The second-order valence-electron chi connectivity index (χ2n) is 12.7. The first kappa shape index (κ1) is 25.5. The van der Waals surface area contributed by atoms with Crippen molar-refractivity contribution in [2.75, 3.05) is 0 Å². The predicted molar refractivity (Wildman–Crippen MR) is 134 cm³/mol. The maximum absolute atomic E-state index is 10.4. The third-order valence-corrected chi connectivity index (χ3v) is 16.5. The van der Waals surface area contributed by atoms with Crippen molar-refractivity contribution in [3.63, 3.8) is 0 Å². The number of aliphatic hydroxyl groups is 1. The normalized spacial score (nSPS) is 23.9. The van der Waals surface area contributed by atoms with Gasteiger partial charge >= 0.3 is 0 Å². The first-order chi connectivity index (χ1) is 13.3. The van der Waals surface area contributed by atoms with Crippen LogP contribution < -0.4 is 8.85 Å². The van der Waals surface area contributed by atoms with Gasteiger partial charge in [-0.05, 0) is 86.4 Å². The van der Waals surface area contributed by atoms with E-state index in [1.54, 1.807) is 0 Å². The summed E-state index contributed by atoms with van der Waals surface area (Å²) in [5.41, 5.74) is 0.764. The van der Waals surface area contributed by atoms with Gasteiger partial charge in [-0.1, -0.05) is 47.6 Å². The molecule has 0 spiro atoms. The van der Waals surface area contributed by atoms with Crippen molar-refractivity contribution < 1.29 is 14.0 Å². The summed E-state index contributed by atoms with van der Waals surface area (Å²) in [6, 6.07) is 6.53. The second-order valence-corrected chi connectivity index (χ2v) is 22.1. The van der Waals surface area contributed by atoms with Crippen LogP contribution in [0.1, 0.15) is 85.6 Å². The van der Waals surface area contributed by atoms with Crippen LogP contribution in [0, 0.1) is 0 Å². The predicted octanol–water partition coefficient (Wildman–Crippen LogP) is 7.86. The van der Waals surface area contributed by atoms with E-state index in [0.29, 0.717) is 5.92 Å². The molecule has 30 heavy (non-hydrogen) atoms. The quantitative estimate of drug-likeness (QED) is 0.464. The number of rotatable bonds is 5. The molecule has 0 radical (unpaired) electrons. The Bertz CT molecular complexity index is 730. The topological polar surface area (TPSA) is 38.7 Å². The van der Waals surface area contributed by atoms with Crippen molar-refractivity contribution in [3.8, 4) is 11.5 Å². The standard InChI is InChI=1S/C25H46O3Si2/c1-23(2,3)29(8,9)27-20-12-13-21(19-14-16-25(7,26)17-15-19)22(18-20)28-30(10,11)24(4,5)6/h12-13,18-19,26H,14-17H2,1-11H3/t19-,25+. The largest absolute Gasteiger partial charge is 0.543 e. The maximum Gasteiger partial charge on any atom is 0.250 e. The van der Waals surface area contributed by atoms with Crippen molar-refractivity contribution in [2.45, 2.75) is 122 Å². The van der Waals surface area contributed by atoms with Crippen LogP contribution in [-0.2, 0) is 0 Å². The summed E-state index contributed by atoms with van der Waals surface area (Å²) in [5, 5.41) is 10.7. The monoisotopic (exact) mass is 450 g/mol. The van der Waals surface area contributed by atoms with Gasteiger partial charge < -0.3 is 14.0 Å². The smallest absolute Gasteiger partial charge is 0.250 e. The molecule has 1 saturated carbocycles. The average Bonchev–Trinajstić information content (AvgIpc) is 2.53. The lowest BCUT2D eigenvalue weighted by Crippen LogP contribution is -2.44. The van der Waals surface area contributed by atoms with Gasteiger partial charge in [0.2, 0.25) is 16.6 Å². The fraction of sp³-hybridized carbons (Fsp3) is 0.760. The van der Waals surface area contributed by atoms with Gasteiger partial charge in [0.15, 0.2) is 0 Å². The lowest BCUT2D eigenvalue weighted by atomic mass is 9.77. The van der Waals surface area contributed by atoms with E-state index in [1.807, 2.05) is 6.92 Å². The van der Waals surface area contributed by atoms with E-state index in [2.05, 4.69) is 85.9 Å². The van der Waals surface area contributed by atoms with Gasteiger partial charge in [-0.25, -0.2) is 0 Å². The molecule has 0 atom stereocenters. The molecule has 3 nitrogen and oxygen atoms in total. The summed E-state index contributed by atoms with van der Waals surface area (Å²) in [5.74, 6) is 2.37. The average molecular weight is 451 g/mol. The summed E-state index contributed by atoms with van der Waals surface area (Å²) in [4.78, 5) is 0. The van der Waals surface area contributed by atoms with Crippen molar-refractivity contribution >= 4 is 16.6 Å². The van der Waals surface area contributed by atoms with Gasteiger partial charge in [-0.3, -0.25) is 0 Å². The Morgan fingerprint density at radius 1 is 0.867 bits per heavy atom. The van der Waals surface area contributed by atoms with E-state index >= 15 is 0 Å². The first-order valence-corrected chi connectivity index (χ1v) is 17.4. The Labute approximate surface area is 187 Å². The molecule has 0 amide bonds. The Morgan fingerprint density at radius 2 is 1.33 bits per heavy atom. The van der Waals surface area contributed by atoms with E-state index in [0.717, 1.165) is 37.2 Å². The summed E-state index contributed by atoms with van der Waals surface area (Å²) in [6.07, 6.45) is 3.70. The Hall–Kier alpha value is -0.786. The fourth-order valence-electron chi connectivity index (χ4n) is 3.43. The molecular formula is C25H46O3Si2. The Morgan fingerprint density at radius 3 is 1.80 bits per heavy atom. The fourth-order valence-corrected chi connectivity index (χ4v) is 5.49. The van der Waals surface area contributed by atoms with Crippen LogP contribution in [0.4, 0.5) is 0 Å². The van der Waals surface area contributed by atoms with Crippen molar-refractivity contribution in [2.24, 2.45) is 0 Å². The van der Waals surface area contributed by atoms with Crippen molar-refractivity contribution in [1.82, 2.24) is 0 Å². The molecule has 0 aromatic heterocycles. The minimum atomic E-state index is -1.98. The molecule has 2 rings (SSSR count). The summed E-state index contributed by atoms with van der Waals surface area (Å²) in [7, 11) is -3.90. The highest BCUT2D eigenvalue weighted by Crippen LogP contribution is 2.46. The molecular weight excluding hydrogens is 404 g/mol. The zero-order chi connectivity index (χ0) is 23.2. The lowest BCUT2D eigenvalue weighted by Gasteiger charge is -2.40. The van der Waals surface area contributed by atoms with Gasteiger partial charge in [0.1, 0.15) is 11.5 Å². The number of hydrogen-bond acceptors (Lipinski definition) is 3. The SMILES string of the molecule is CC(C)(C)[Si](C)(C)Oc1ccc([C@H]2CC[C@@](C)(O)CC2)c(O[Si](C)(C)C(C)(C)C)c1. The highest BCUT2D eigenvalue weighted by atomic mass is 28.4. The van der Waals surface area contributed by atoms with Crippen LogP contribution in [0.3, 0.4) is 0 Å². The van der Waals surface area contributed by atoms with E-state index in [9.17, 15) is 5.11 Å². The van der Waals surface area contributed by atoms with Crippen LogP contribution in [0.2, 0.25) is 36.3 Å². The van der Waals surface area contributed by atoms with Gasteiger partial charge in [-0.2, -0.15) is 0 Å². The molecule has 0 bridgehead atoms. The van der Waals surface area contributed by atoms with Gasteiger partial charge in [-0.15, -0.1) is 0 Å². The summed E-state index contributed by atoms with van der Waals surface area (Å²) in [6.45, 7) is 24.8. The van der Waals surface area contributed by atoms with Crippen molar-refractivity contribution in [3.05, 3.63) is 23.8 Å². The van der Waals surface area contributed by atoms with Crippen molar-refractivity contribution in [1.29, 1.82) is 0 Å². The molecule has 1 fully saturated rings. The molecule has 5 heteroatoms. The third kappa shape index (κ3) is 5.92.